The van der Waals surface area contributed by atoms with Crippen molar-refractivity contribution in [2.45, 2.75) is 25.4 Å². The molecule has 0 saturated heterocycles. The topological polar surface area (TPSA) is 51.0 Å². The highest BCUT2D eigenvalue weighted by atomic mass is 19.4. The Morgan fingerprint density at radius 2 is 1.73 bits per heavy atom. The smallest absolute Gasteiger partial charge is 0.416 e. The molecule has 0 spiro atoms. The van der Waals surface area contributed by atoms with E-state index in [1.54, 1.807) is 6.92 Å². The predicted molar refractivity (Wildman–Crippen MR) is 94.4 cm³/mol. The van der Waals surface area contributed by atoms with Crippen LogP contribution < -0.4 is 9.47 Å². The SMILES string of the molecule is CCOc1cccc(C=Nc2cc(C(F)(F)F)ccc2OCC(F)(F)C(F)F)c1O. The minimum absolute atomic E-state index is 0.0576. The van der Waals surface area contributed by atoms with Gasteiger partial charge < -0.3 is 14.6 Å². The summed E-state index contributed by atoms with van der Waals surface area (Å²) in [5, 5.41) is 10.1. The molecule has 0 unspecified atom stereocenters. The predicted octanol–water partition coefficient (Wildman–Crippen LogP) is 5.84. The maximum absolute atomic E-state index is 13.1. The van der Waals surface area contributed by atoms with Crippen molar-refractivity contribution in [3.8, 4) is 17.2 Å². The number of aromatic hydroxyl groups is 1. The van der Waals surface area contributed by atoms with E-state index in [-0.39, 0.29) is 23.7 Å². The lowest BCUT2D eigenvalue weighted by Crippen LogP contribution is -2.33. The van der Waals surface area contributed by atoms with Crippen LogP contribution >= 0.6 is 0 Å². The zero-order chi connectivity index (χ0) is 22.5. The van der Waals surface area contributed by atoms with Gasteiger partial charge in [-0.3, -0.25) is 4.99 Å². The van der Waals surface area contributed by atoms with Crippen molar-refractivity contribution in [2.75, 3.05) is 13.2 Å². The number of hydrogen-bond donors (Lipinski definition) is 1. The summed E-state index contributed by atoms with van der Waals surface area (Å²) in [4.78, 5) is 3.76. The summed E-state index contributed by atoms with van der Waals surface area (Å²) in [6.45, 7) is 0.142. The van der Waals surface area contributed by atoms with Gasteiger partial charge in [0, 0.05) is 11.8 Å². The minimum atomic E-state index is -4.77. The number of phenolic OH excluding ortho intramolecular Hbond substituents is 1. The highest BCUT2D eigenvalue weighted by Gasteiger charge is 2.42. The lowest BCUT2D eigenvalue weighted by atomic mass is 10.1. The Labute approximate surface area is 166 Å². The zero-order valence-electron chi connectivity index (χ0n) is 15.4. The van der Waals surface area contributed by atoms with Crippen molar-refractivity contribution >= 4 is 11.9 Å². The van der Waals surface area contributed by atoms with Crippen LogP contribution in [0.1, 0.15) is 18.1 Å². The van der Waals surface area contributed by atoms with Crippen molar-refractivity contribution in [2.24, 2.45) is 4.99 Å². The van der Waals surface area contributed by atoms with Gasteiger partial charge in [0.05, 0.1) is 12.2 Å². The molecule has 0 aliphatic heterocycles. The molecule has 1 N–H and O–H groups in total. The van der Waals surface area contributed by atoms with Gasteiger partial charge in [0.25, 0.3) is 0 Å². The first kappa shape index (κ1) is 23.3. The molecule has 0 radical (unpaired) electrons. The molecule has 0 atom stereocenters. The van der Waals surface area contributed by atoms with Crippen molar-refractivity contribution in [1.82, 2.24) is 0 Å². The highest BCUT2D eigenvalue weighted by Crippen LogP contribution is 2.38. The Kier molecular flexibility index (Phi) is 7.16. The van der Waals surface area contributed by atoms with E-state index in [4.69, 9.17) is 4.74 Å². The van der Waals surface area contributed by atoms with E-state index < -0.39 is 42.1 Å². The first-order chi connectivity index (χ1) is 14.0. The van der Waals surface area contributed by atoms with E-state index in [2.05, 4.69) is 9.73 Å². The van der Waals surface area contributed by atoms with Crippen LogP contribution in [0.4, 0.5) is 36.4 Å². The summed E-state index contributed by atoms with van der Waals surface area (Å²) in [6, 6.07) is 6.06. The summed E-state index contributed by atoms with van der Waals surface area (Å²) < 4.78 is 99.6. The Balaban J connectivity index is 2.41. The molecule has 0 heterocycles. The van der Waals surface area contributed by atoms with Crippen LogP contribution in [0.15, 0.2) is 41.4 Å². The van der Waals surface area contributed by atoms with Gasteiger partial charge in [-0.25, -0.2) is 8.78 Å². The quantitative estimate of drug-likeness (QED) is 0.415. The summed E-state index contributed by atoms with van der Waals surface area (Å²) >= 11 is 0. The van der Waals surface area contributed by atoms with Gasteiger partial charge in [-0.15, -0.1) is 0 Å². The van der Waals surface area contributed by atoms with E-state index in [1.165, 1.54) is 18.2 Å². The molecular formula is C19H16F7NO3. The average molecular weight is 439 g/mol. The number of para-hydroxylation sites is 1. The van der Waals surface area contributed by atoms with E-state index in [1.807, 2.05) is 0 Å². The molecule has 2 rings (SSSR count). The number of nitrogens with zero attached hydrogens (tertiary/aromatic N) is 1. The number of alkyl halides is 7. The van der Waals surface area contributed by atoms with E-state index in [0.717, 1.165) is 6.21 Å². The molecular weight excluding hydrogens is 423 g/mol. The second-order valence-corrected chi connectivity index (χ2v) is 5.92. The summed E-state index contributed by atoms with van der Waals surface area (Å²) in [5.74, 6) is -5.33. The molecule has 0 saturated carbocycles. The van der Waals surface area contributed by atoms with Crippen LogP contribution in [0.25, 0.3) is 0 Å². The first-order valence-electron chi connectivity index (χ1n) is 8.44. The molecule has 0 fully saturated rings. The molecule has 0 bridgehead atoms. The number of rotatable bonds is 8. The standard InChI is InChI=1S/C19H16F7NO3/c1-2-29-15-5-3-4-11(16(15)28)9-27-13-8-12(19(24,25)26)6-7-14(13)30-10-18(22,23)17(20)21/h3-9,17,28H,2,10H2,1H3. The second-order valence-electron chi connectivity index (χ2n) is 5.92. The number of ether oxygens (including phenoxy) is 2. The van der Waals surface area contributed by atoms with E-state index >= 15 is 0 Å². The van der Waals surface area contributed by atoms with Gasteiger partial charge in [-0.2, -0.15) is 22.0 Å². The summed E-state index contributed by atoms with van der Waals surface area (Å²) in [6.07, 6.45) is -7.82. The zero-order valence-corrected chi connectivity index (χ0v) is 15.4. The van der Waals surface area contributed by atoms with Crippen LogP contribution in [0, 0.1) is 0 Å². The highest BCUT2D eigenvalue weighted by molar-refractivity contribution is 5.87. The van der Waals surface area contributed by atoms with Gasteiger partial charge >= 0.3 is 18.5 Å². The van der Waals surface area contributed by atoms with Crippen LogP contribution in [0.2, 0.25) is 0 Å². The average Bonchev–Trinajstić information content (AvgIpc) is 2.66. The van der Waals surface area contributed by atoms with Crippen LogP contribution in [-0.2, 0) is 6.18 Å². The molecule has 2 aromatic rings. The van der Waals surface area contributed by atoms with Gasteiger partial charge in [0.2, 0.25) is 0 Å². The third-order valence-electron chi connectivity index (χ3n) is 3.70. The van der Waals surface area contributed by atoms with Crippen LogP contribution in [-0.4, -0.2) is 36.9 Å². The van der Waals surface area contributed by atoms with E-state index in [9.17, 15) is 35.8 Å². The van der Waals surface area contributed by atoms with Crippen LogP contribution in [0.5, 0.6) is 17.2 Å². The third kappa shape index (κ3) is 5.77. The third-order valence-corrected chi connectivity index (χ3v) is 3.70. The normalized spacial score (nSPS) is 12.6. The van der Waals surface area contributed by atoms with Gasteiger partial charge in [-0.05, 0) is 37.3 Å². The molecule has 0 aliphatic carbocycles. The number of halogens is 7. The summed E-state index contributed by atoms with van der Waals surface area (Å²) in [7, 11) is 0. The molecule has 0 amide bonds. The van der Waals surface area contributed by atoms with Gasteiger partial charge in [0.15, 0.2) is 18.1 Å². The van der Waals surface area contributed by atoms with Gasteiger partial charge in [-0.1, -0.05) is 6.07 Å². The Morgan fingerprint density at radius 1 is 1.03 bits per heavy atom. The van der Waals surface area contributed by atoms with Crippen molar-refractivity contribution in [3.05, 3.63) is 47.5 Å². The number of aliphatic imine (C=N–C) groups is 1. The fourth-order valence-electron chi connectivity index (χ4n) is 2.21. The largest absolute Gasteiger partial charge is 0.504 e. The fourth-order valence-corrected chi connectivity index (χ4v) is 2.21. The molecule has 30 heavy (non-hydrogen) atoms. The number of benzene rings is 2. The molecule has 2 aromatic carbocycles. The minimum Gasteiger partial charge on any atom is -0.504 e. The van der Waals surface area contributed by atoms with Crippen molar-refractivity contribution in [3.63, 3.8) is 0 Å². The lowest BCUT2D eigenvalue weighted by molar-refractivity contribution is -0.148. The Hall–Kier alpha value is -2.98. The summed E-state index contributed by atoms with van der Waals surface area (Å²) in [5.41, 5.74) is -1.65. The van der Waals surface area contributed by atoms with Gasteiger partial charge in [0.1, 0.15) is 11.4 Å². The first-order valence-corrected chi connectivity index (χ1v) is 8.44. The molecule has 11 heteroatoms. The number of phenols is 1. The van der Waals surface area contributed by atoms with E-state index in [0.29, 0.717) is 18.2 Å². The molecule has 4 nitrogen and oxygen atoms in total. The maximum Gasteiger partial charge on any atom is 0.416 e. The van der Waals surface area contributed by atoms with Crippen molar-refractivity contribution < 1.29 is 45.3 Å². The Morgan fingerprint density at radius 3 is 2.33 bits per heavy atom. The molecule has 164 valence electrons. The fraction of sp³-hybridized carbons (Fsp3) is 0.316. The maximum atomic E-state index is 13.1. The van der Waals surface area contributed by atoms with Crippen molar-refractivity contribution in [1.29, 1.82) is 0 Å². The monoisotopic (exact) mass is 439 g/mol. The number of hydrogen-bond acceptors (Lipinski definition) is 4. The molecule has 0 aliphatic rings. The Bertz CT molecular complexity index is 898. The second kappa shape index (κ2) is 9.23. The molecule has 0 aromatic heterocycles. The van der Waals surface area contributed by atoms with Crippen LogP contribution in [0.3, 0.4) is 0 Å². The lowest BCUT2D eigenvalue weighted by Gasteiger charge is -2.17.